The molecular formula is C26H51N. The van der Waals surface area contributed by atoms with Crippen molar-refractivity contribution >= 4 is 0 Å². The highest BCUT2D eigenvalue weighted by Crippen LogP contribution is 2.48. The van der Waals surface area contributed by atoms with Crippen molar-refractivity contribution in [2.75, 3.05) is 14.1 Å². The Morgan fingerprint density at radius 1 is 0.593 bits per heavy atom. The highest BCUT2D eigenvalue weighted by atomic mass is 15.2. The lowest BCUT2D eigenvalue weighted by molar-refractivity contribution is -0.0246. The van der Waals surface area contributed by atoms with Crippen molar-refractivity contribution in [2.45, 2.75) is 141 Å². The van der Waals surface area contributed by atoms with Crippen molar-refractivity contribution in [3.63, 3.8) is 0 Å². The quantitative estimate of drug-likeness (QED) is 0.291. The molecule has 2 rings (SSSR count). The van der Waals surface area contributed by atoms with Gasteiger partial charge in [-0.1, -0.05) is 103 Å². The summed E-state index contributed by atoms with van der Waals surface area (Å²) in [5, 5.41) is 0. The van der Waals surface area contributed by atoms with Gasteiger partial charge >= 0.3 is 0 Å². The molecule has 2 saturated carbocycles. The van der Waals surface area contributed by atoms with Crippen molar-refractivity contribution < 1.29 is 0 Å². The van der Waals surface area contributed by atoms with E-state index in [9.17, 15) is 0 Å². The SMILES string of the molecule is CCCCCCCCCCCC(C1CCCCC1)(C1CCCCC1)N(C)C. The Morgan fingerprint density at radius 3 is 1.41 bits per heavy atom. The fraction of sp³-hybridized carbons (Fsp3) is 1.00. The monoisotopic (exact) mass is 377 g/mol. The molecule has 0 unspecified atom stereocenters. The van der Waals surface area contributed by atoms with E-state index in [4.69, 9.17) is 0 Å². The van der Waals surface area contributed by atoms with Gasteiger partial charge in [0, 0.05) is 5.54 Å². The molecule has 0 aromatic carbocycles. The first-order valence-electron chi connectivity index (χ1n) is 12.9. The number of unbranched alkanes of at least 4 members (excludes halogenated alkanes) is 8. The fourth-order valence-corrected chi connectivity index (χ4v) is 6.62. The Morgan fingerprint density at radius 2 is 1.00 bits per heavy atom. The predicted octanol–water partition coefficient (Wildman–Crippen LogP) is 8.37. The van der Waals surface area contributed by atoms with Crippen LogP contribution in [0.4, 0.5) is 0 Å². The molecule has 0 amide bonds. The van der Waals surface area contributed by atoms with Crippen LogP contribution in [0.1, 0.15) is 135 Å². The number of rotatable bonds is 13. The van der Waals surface area contributed by atoms with Gasteiger partial charge in [-0.3, -0.25) is 0 Å². The predicted molar refractivity (Wildman–Crippen MR) is 121 cm³/mol. The van der Waals surface area contributed by atoms with Crippen LogP contribution in [0.15, 0.2) is 0 Å². The first kappa shape index (κ1) is 23.2. The topological polar surface area (TPSA) is 3.24 Å². The van der Waals surface area contributed by atoms with Gasteiger partial charge < -0.3 is 4.90 Å². The van der Waals surface area contributed by atoms with E-state index in [1.165, 1.54) is 128 Å². The maximum absolute atomic E-state index is 2.73. The maximum atomic E-state index is 2.73. The molecule has 27 heavy (non-hydrogen) atoms. The zero-order valence-electron chi connectivity index (χ0n) is 19.2. The standard InChI is InChI=1S/C26H51N/c1-4-5-6-7-8-9-10-11-18-23-26(27(2)3,24-19-14-12-15-20-24)25-21-16-13-17-22-25/h24-25H,4-23H2,1-3H3. The minimum Gasteiger partial charge on any atom is -0.303 e. The highest BCUT2D eigenvalue weighted by molar-refractivity contribution is 5.01. The van der Waals surface area contributed by atoms with Gasteiger partial charge in [0.2, 0.25) is 0 Å². The molecule has 1 nitrogen and oxygen atoms in total. The van der Waals surface area contributed by atoms with Gasteiger partial charge in [-0.2, -0.15) is 0 Å². The van der Waals surface area contributed by atoms with E-state index in [2.05, 4.69) is 25.9 Å². The van der Waals surface area contributed by atoms with Crippen molar-refractivity contribution in [3.8, 4) is 0 Å². The lowest BCUT2D eigenvalue weighted by atomic mass is 9.61. The smallest absolute Gasteiger partial charge is 0.0259 e. The van der Waals surface area contributed by atoms with Crippen LogP contribution < -0.4 is 0 Å². The molecule has 0 aromatic heterocycles. The molecule has 0 radical (unpaired) electrons. The van der Waals surface area contributed by atoms with Gasteiger partial charge in [-0.25, -0.2) is 0 Å². The Balaban J connectivity index is 1.85. The molecule has 1 heteroatoms. The van der Waals surface area contributed by atoms with Gasteiger partial charge in [-0.05, 0) is 58.0 Å². The molecule has 0 aliphatic heterocycles. The second kappa shape index (κ2) is 13.2. The second-order valence-electron chi connectivity index (χ2n) is 10.1. The van der Waals surface area contributed by atoms with Crippen molar-refractivity contribution in [1.29, 1.82) is 0 Å². The van der Waals surface area contributed by atoms with Gasteiger partial charge in [0.1, 0.15) is 0 Å². The van der Waals surface area contributed by atoms with Crippen molar-refractivity contribution in [2.24, 2.45) is 11.8 Å². The van der Waals surface area contributed by atoms with E-state index in [1.54, 1.807) is 0 Å². The number of hydrogen-bond acceptors (Lipinski definition) is 1. The molecule has 2 aliphatic rings. The normalized spacial score (nSPS) is 20.4. The van der Waals surface area contributed by atoms with Gasteiger partial charge in [-0.15, -0.1) is 0 Å². The second-order valence-corrected chi connectivity index (χ2v) is 10.1. The minimum atomic E-state index is 0.516. The van der Waals surface area contributed by atoms with Crippen LogP contribution in [-0.2, 0) is 0 Å². The Hall–Kier alpha value is -0.0400. The third kappa shape index (κ3) is 7.06. The van der Waals surface area contributed by atoms with E-state index >= 15 is 0 Å². The summed E-state index contributed by atoms with van der Waals surface area (Å²) in [5.41, 5.74) is 0.516. The summed E-state index contributed by atoms with van der Waals surface area (Å²) in [7, 11) is 4.86. The molecular weight excluding hydrogens is 326 g/mol. The zero-order chi connectivity index (χ0) is 19.4. The molecule has 0 aromatic rings. The van der Waals surface area contributed by atoms with Crippen LogP contribution in [0.25, 0.3) is 0 Å². The fourth-order valence-electron chi connectivity index (χ4n) is 6.62. The molecule has 0 N–H and O–H groups in total. The van der Waals surface area contributed by atoms with Gasteiger partial charge in [0.25, 0.3) is 0 Å². The Labute approximate surface area is 172 Å². The van der Waals surface area contributed by atoms with Crippen molar-refractivity contribution in [3.05, 3.63) is 0 Å². The van der Waals surface area contributed by atoms with Crippen LogP contribution in [0.3, 0.4) is 0 Å². The van der Waals surface area contributed by atoms with Crippen molar-refractivity contribution in [1.82, 2.24) is 4.90 Å². The summed E-state index contributed by atoms with van der Waals surface area (Å²) in [6, 6.07) is 0. The third-order valence-corrected chi connectivity index (χ3v) is 8.14. The zero-order valence-corrected chi connectivity index (χ0v) is 19.2. The lowest BCUT2D eigenvalue weighted by Crippen LogP contribution is -2.56. The van der Waals surface area contributed by atoms with Gasteiger partial charge in [0.05, 0.1) is 0 Å². The van der Waals surface area contributed by atoms with E-state index in [-0.39, 0.29) is 0 Å². The Kier molecular flexibility index (Phi) is 11.4. The van der Waals surface area contributed by atoms with Crippen LogP contribution in [0.5, 0.6) is 0 Å². The molecule has 2 aliphatic carbocycles. The molecule has 0 heterocycles. The van der Waals surface area contributed by atoms with Crippen LogP contribution >= 0.6 is 0 Å². The van der Waals surface area contributed by atoms with E-state index < -0.39 is 0 Å². The molecule has 2 fully saturated rings. The summed E-state index contributed by atoms with van der Waals surface area (Å²) in [4.78, 5) is 2.73. The Bertz CT molecular complexity index is 331. The lowest BCUT2D eigenvalue weighted by Gasteiger charge is -2.54. The number of nitrogens with zero attached hydrogens (tertiary/aromatic N) is 1. The molecule has 0 saturated heterocycles. The summed E-state index contributed by atoms with van der Waals surface area (Å²) in [6.45, 7) is 2.32. The average molecular weight is 378 g/mol. The third-order valence-electron chi connectivity index (χ3n) is 8.14. The number of hydrogen-bond donors (Lipinski definition) is 0. The van der Waals surface area contributed by atoms with E-state index in [0.717, 1.165) is 11.8 Å². The molecule has 0 bridgehead atoms. The average Bonchev–Trinajstić information content (AvgIpc) is 2.71. The minimum absolute atomic E-state index is 0.516. The molecule has 0 spiro atoms. The molecule has 160 valence electrons. The van der Waals surface area contributed by atoms with Gasteiger partial charge in [0.15, 0.2) is 0 Å². The van der Waals surface area contributed by atoms with Crippen LogP contribution in [-0.4, -0.2) is 24.5 Å². The maximum Gasteiger partial charge on any atom is 0.0259 e. The first-order valence-corrected chi connectivity index (χ1v) is 12.9. The first-order chi connectivity index (χ1) is 13.2. The summed E-state index contributed by atoms with van der Waals surface area (Å²) in [5.74, 6) is 1.94. The van der Waals surface area contributed by atoms with Crippen LogP contribution in [0.2, 0.25) is 0 Å². The summed E-state index contributed by atoms with van der Waals surface area (Å²) in [6.07, 6.45) is 29.6. The summed E-state index contributed by atoms with van der Waals surface area (Å²) < 4.78 is 0. The molecule has 0 atom stereocenters. The largest absolute Gasteiger partial charge is 0.303 e. The van der Waals surface area contributed by atoms with E-state index in [1.807, 2.05) is 0 Å². The highest BCUT2D eigenvalue weighted by Gasteiger charge is 2.46. The van der Waals surface area contributed by atoms with Crippen LogP contribution in [0, 0.1) is 11.8 Å². The van der Waals surface area contributed by atoms with E-state index in [0.29, 0.717) is 5.54 Å². The summed E-state index contributed by atoms with van der Waals surface area (Å²) >= 11 is 0.